The maximum Gasteiger partial charge on any atom is 0.153 e. The summed E-state index contributed by atoms with van der Waals surface area (Å²) in [4.78, 5) is 0. The van der Waals surface area contributed by atoms with Gasteiger partial charge in [0.1, 0.15) is 12.4 Å². The number of nitriles is 1. The van der Waals surface area contributed by atoms with Crippen LogP contribution >= 0.6 is 0 Å². The van der Waals surface area contributed by atoms with Crippen LogP contribution in [-0.2, 0) is 14.6 Å². The van der Waals surface area contributed by atoms with Gasteiger partial charge in [0.2, 0.25) is 0 Å². The lowest BCUT2D eigenvalue weighted by Crippen LogP contribution is -2.18. The second-order valence-electron chi connectivity index (χ2n) is 3.98. The number of sulfone groups is 1. The van der Waals surface area contributed by atoms with E-state index in [0.29, 0.717) is 24.3 Å². The van der Waals surface area contributed by atoms with Gasteiger partial charge in [-0.15, -0.1) is 0 Å². The topological polar surface area (TPSA) is 76.4 Å². The van der Waals surface area contributed by atoms with Crippen LogP contribution in [0.25, 0.3) is 0 Å². The number of hydrogen-bond acceptors (Lipinski definition) is 5. The Kier molecular flexibility index (Phi) is 6.33. The SMILES string of the molecule is COCCCS(=O)(=O)CCOc1ccc(C#N)cc1. The minimum Gasteiger partial charge on any atom is -0.493 e. The molecule has 0 aliphatic heterocycles. The van der Waals surface area contributed by atoms with Crippen molar-refractivity contribution < 1.29 is 17.9 Å². The number of ether oxygens (including phenoxy) is 2. The number of rotatable bonds is 8. The zero-order valence-electron chi connectivity index (χ0n) is 10.8. The third kappa shape index (κ3) is 6.22. The molecule has 0 saturated heterocycles. The molecular formula is C13H17NO4S. The molecule has 19 heavy (non-hydrogen) atoms. The molecule has 0 aromatic heterocycles. The molecule has 104 valence electrons. The van der Waals surface area contributed by atoms with E-state index in [4.69, 9.17) is 14.7 Å². The fourth-order valence-corrected chi connectivity index (χ4v) is 2.54. The maximum atomic E-state index is 11.6. The molecule has 0 aliphatic carbocycles. The van der Waals surface area contributed by atoms with Crippen LogP contribution in [0.2, 0.25) is 0 Å². The first kappa shape index (κ1) is 15.5. The molecule has 1 aromatic carbocycles. The van der Waals surface area contributed by atoms with Crippen LogP contribution in [0.4, 0.5) is 0 Å². The molecule has 0 N–H and O–H groups in total. The van der Waals surface area contributed by atoms with Crippen molar-refractivity contribution in [2.75, 3.05) is 31.8 Å². The highest BCUT2D eigenvalue weighted by molar-refractivity contribution is 7.91. The molecule has 1 rings (SSSR count). The molecule has 0 saturated carbocycles. The third-order valence-electron chi connectivity index (χ3n) is 2.45. The van der Waals surface area contributed by atoms with Crippen molar-refractivity contribution in [1.82, 2.24) is 0 Å². The predicted octanol–water partition coefficient (Wildman–Crippen LogP) is 1.39. The van der Waals surface area contributed by atoms with E-state index in [2.05, 4.69) is 0 Å². The number of methoxy groups -OCH3 is 1. The van der Waals surface area contributed by atoms with Crippen molar-refractivity contribution in [1.29, 1.82) is 5.26 Å². The summed E-state index contributed by atoms with van der Waals surface area (Å²) in [5.41, 5.74) is 0.541. The van der Waals surface area contributed by atoms with E-state index in [9.17, 15) is 8.42 Å². The lowest BCUT2D eigenvalue weighted by Gasteiger charge is -2.07. The van der Waals surface area contributed by atoms with Gasteiger partial charge in [-0.2, -0.15) is 5.26 Å². The van der Waals surface area contributed by atoms with Gasteiger partial charge in [0.05, 0.1) is 23.1 Å². The van der Waals surface area contributed by atoms with Gasteiger partial charge in [0.25, 0.3) is 0 Å². The van der Waals surface area contributed by atoms with Crippen molar-refractivity contribution in [3.05, 3.63) is 29.8 Å². The Hall–Kier alpha value is -1.58. The van der Waals surface area contributed by atoms with E-state index in [-0.39, 0.29) is 18.1 Å². The minimum absolute atomic E-state index is 0.0171. The average molecular weight is 283 g/mol. The van der Waals surface area contributed by atoms with Gasteiger partial charge in [-0.3, -0.25) is 0 Å². The second kappa shape index (κ2) is 7.77. The Morgan fingerprint density at radius 2 is 1.84 bits per heavy atom. The molecule has 0 amide bonds. The Labute approximate surface area is 113 Å². The van der Waals surface area contributed by atoms with Gasteiger partial charge < -0.3 is 9.47 Å². The summed E-state index contributed by atoms with van der Waals surface area (Å²) in [6.45, 7) is 0.553. The molecule has 0 radical (unpaired) electrons. The van der Waals surface area contributed by atoms with Gasteiger partial charge in [0.15, 0.2) is 9.84 Å². The van der Waals surface area contributed by atoms with Crippen LogP contribution in [-0.4, -0.2) is 40.2 Å². The van der Waals surface area contributed by atoms with Crippen LogP contribution in [0.5, 0.6) is 5.75 Å². The van der Waals surface area contributed by atoms with Crippen LogP contribution in [0.1, 0.15) is 12.0 Å². The number of hydrogen-bond donors (Lipinski definition) is 0. The molecule has 0 heterocycles. The molecule has 0 unspecified atom stereocenters. The monoisotopic (exact) mass is 283 g/mol. The van der Waals surface area contributed by atoms with Crippen LogP contribution < -0.4 is 4.74 Å². The summed E-state index contributed by atoms with van der Waals surface area (Å²) < 4.78 is 33.4. The highest BCUT2D eigenvalue weighted by atomic mass is 32.2. The summed E-state index contributed by atoms with van der Waals surface area (Å²) in [6, 6.07) is 8.55. The van der Waals surface area contributed by atoms with Crippen LogP contribution in [0.3, 0.4) is 0 Å². The van der Waals surface area contributed by atoms with E-state index in [0.717, 1.165) is 0 Å². The van der Waals surface area contributed by atoms with Gasteiger partial charge in [0, 0.05) is 13.7 Å². The van der Waals surface area contributed by atoms with Gasteiger partial charge in [-0.25, -0.2) is 8.42 Å². The maximum absolute atomic E-state index is 11.6. The zero-order valence-corrected chi connectivity index (χ0v) is 11.6. The first-order valence-corrected chi connectivity index (χ1v) is 7.72. The standard InChI is InChI=1S/C13H17NO4S/c1-17-7-2-9-19(15,16)10-8-18-13-5-3-12(11-14)4-6-13/h3-6H,2,7-10H2,1H3. The average Bonchev–Trinajstić information content (AvgIpc) is 2.39. The van der Waals surface area contributed by atoms with Crippen molar-refractivity contribution in [3.63, 3.8) is 0 Å². The van der Waals surface area contributed by atoms with Crippen molar-refractivity contribution in [2.24, 2.45) is 0 Å². The fraction of sp³-hybridized carbons (Fsp3) is 0.462. The van der Waals surface area contributed by atoms with Gasteiger partial charge in [-0.1, -0.05) is 0 Å². The van der Waals surface area contributed by atoms with E-state index in [1.165, 1.54) is 0 Å². The molecule has 0 bridgehead atoms. The summed E-state index contributed by atoms with van der Waals surface area (Å²) in [7, 11) is -1.55. The molecule has 0 atom stereocenters. The Bertz CT molecular complexity index is 517. The van der Waals surface area contributed by atoms with Crippen molar-refractivity contribution in [3.8, 4) is 11.8 Å². The van der Waals surface area contributed by atoms with Crippen molar-refractivity contribution >= 4 is 9.84 Å². The first-order valence-electron chi connectivity index (χ1n) is 5.90. The number of benzene rings is 1. The normalized spacial score (nSPS) is 10.9. The van der Waals surface area contributed by atoms with Crippen LogP contribution in [0.15, 0.2) is 24.3 Å². The Balaban J connectivity index is 2.34. The fourth-order valence-electron chi connectivity index (χ4n) is 1.44. The predicted molar refractivity (Wildman–Crippen MR) is 71.8 cm³/mol. The first-order chi connectivity index (χ1) is 9.07. The highest BCUT2D eigenvalue weighted by Crippen LogP contribution is 2.11. The minimum atomic E-state index is -3.09. The van der Waals surface area contributed by atoms with E-state index in [1.54, 1.807) is 31.4 Å². The molecule has 0 aliphatic rings. The Morgan fingerprint density at radius 1 is 1.16 bits per heavy atom. The smallest absolute Gasteiger partial charge is 0.153 e. The largest absolute Gasteiger partial charge is 0.493 e. The van der Waals surface area contributed by atoms with Crippen LogP contribution in [0, 0.1) is 11.3 Å². The highest BCUT2D eigenvalue weighted by Gasteiger charge is 2.10. The van der Waals surface area contributed by atoms with E-state index in [1.807, 2.05) is 6.07 Å². The second-order valence-corrected chi connectivity index (χ2v) is 6.29. The summed E-state index contributed by atoms with van der Waals surface area (Å²) >= 11 is 0. The summed E-state index contributed by atoms with van der Waals surface area (Å²) in [5.74, 6) is 0.653. The molecule has 5 nitrogen and oxygen atoms in total. The van der Waals surface area contributed by atoms with E-state index >= 15 is 0 Å². The Morgan fingerprint density at radius 3 is 2.42 bits per heavy atom. The molecule has 0 spiro atoms. The summed E-state index contributed by atoms with van der Waals surface area (Å²) in [5, 5.41) is 8.63. The summed E-state index contributed by atoms with van der Waals surface area (Å²) in [6.07, 6.45) is 0.496. The zero-order chi connectivity index (χ0) is 14.1. The van der Waals surface area contributed by atoms with Gasteiger partial charge >= 0.3 is 0 Å². The lowest BCUT2D eigenvalue weighted by molar-refractivity contribution is 0.199. The van der Waals surface area contributed by atoms with E-state index < -0.39 is 9.84 Å². The number of nitrogens with zero attached hydrogens (tertiary/aromatic N) is 1. The lowest BCUT2D eigenvalue weighted by atomic mass is 10.2. The molecule has 1 aromatic rings. The third-order valence-corrected chi connectivity index (χ3v) is 4.15. The van der Waals surface area contributed by atoms with Crippen molar-refractivity contribution in [2.45, 2.75) is 6.42 Å². The quantitative estimate of drug-likeness (QED) is 0.674. The molecular weight excluding hydrogens is 266 g/mol. The molecule has 6 heteroatoms. The van der Waals surface area contributed by atoms with Gasteiger partial charge in [-0.05, 0) is 30.7 Å². The molecule has 0 fully saturated rings.